The van der Waals surface area contributed by atoms with Crippen molar-refractivity contribution >= 4 is 17.7 Å². The zero-order valence-electron chi connectivity index (χ0n) is 13.5. The quantitative estimate of drug-likeness (QED) is 0.894. The van der Waals surface area contributed by atoms with Gasteiger partial charge in [-0.1, -0.05) is 32.9 Å². The Kier molecular flexibility index (Phi) is 5.87. The predicted molar refractivity (Wildman–Crippen MR) is 90.5 cm³/mol. The molecule has 1 saturated heterocycles. The molecule has 2 N–H and O–H groups in total. The van der Waals surface area contributed by atoms with E-state index >= 15 is 0 Å². The van der Waals surface area contributed by atoms with Gasteiger partial charge in [0, 0.05) is 30.5 Å². The van der Waals surface area contributed by atoms with Gasteiger partial charge in [0.2, 0.25) is 5.91 Å². The highest BCUT2D eigenvalue weighted by Gasteiger charge is 2.28. The van der Waals surface area contributed by atoms with Gasteiger partial charge in [0.25, 0.3) is 0 Å². The molecular formula is C17H25FN2OS. The van der Waals surface area contributed by atoms with Crippen LogP contribution in [0, 0.1) is 11.2 Å². The molecule has 1 fully saturated rings. The van der Waals surface area contributed by atoms with E-state index in [1.54, 1.807) is 12.1 Å². The number of nitrogens with one attached hydrogen (secondary N) is 2. The Morgan fingerprint density at radius 2 is 2.09 bits per heavy atom. The third-order valence-corrected chi connectivity index (χ3v) is 4.94. The fraction of sp³-hybridized carbons (Fsp3) is 0.588. The van der Waals surface area contributed by atoms with Gasteiger partial charge in [-0.05, 0) is 23.1 Å². The van der Waals surface area contributed by atoms with Crippen molar-refractivity contribution in [3.63, 3.8) is 0 Å². The van der Waals surface area contributed by atoms with Crippen LogP contribution in [0.3, 0.4) is 0 Å². The minimum Gasteiger partial charge on any atom is -0.349 e. The van der Waals surface area contributed by atoms with Crippen molar-refractivity contribution in [2.24, 2.45) is 5.41 Å². The smallest absolute Gasteiger partial charge is 0.222 e. The molecule has 22 heavy (non-hydrogen) atoms. The van der Waals surface area contributed by atoms with E-state index < -0.39 is 0 Å². The average Bonchev–Trinajstić information content (AvgIpc) is 2.46. The van der Waals surface area contributed by atoms with Gasteiger partial charge in [0.1, 0.15) is 5.82 Å². The van der Waals surface area contributed by atoms with Crippen molar-refractivity contribution < 1.29 is 9.18 Å². The van der Waals surface area contributed by atoms with Crippen LogP contribution in [0.15, 0.2) is 24.3 Å². The lowest BCUT2D eigenvalue weighted by Crippen LogP contribution is -2.43. The largest absolute Gasteiger partial charge is 0.349 e. The summed E-state index contributed by atoms with van der Waals surface area (Å²) >= 11 is 1.88. The van der Waals surface area contributed by atoms with E-state index in [2.05, 4.69) is 31.4 Å². The van der Waals surface area contributed by atoms with Crippen LogP contribution >= 0.6 is 11.8 Å². The SMILES string of the molecule is CC(C)(C)C(NC(=O)CC1CSCCN1)c1ccc(F)cc1. The second-order valence-corrected chi connectivity index (χ2v) is 8.00. The summed E-state index contributed by atoms with van der Waals surface area (Å²) in [7, 11) is 0. The van der Waals surface area contributed by atoms with Gasteiger partial charge in [0.05, 0.1) is 6.04 Å². The number of hydrogen-bond acceptors (Lipinski definition) is 3. The number of amides is 1. The third-order valence-electron chi connectivity index (χ3n) is 3.80. The first-order chi connectivity index (χ1) is 10.4. The highest BCUT2D eigenvalue weighted by molar-refractivity contribution is 7.99. The molecule has 2 atom stereocenters. The number of carbonyl (C=O) groups excluding carboxylic acids is 1. The Balaban J connectivity index is 2.03. The molecule has 2 rings (SSSR count). The minimum atomic E-state index is -0.258. The normalized spacial score (nSPS) is 20.5. The summed E-state index contributed by atoms with van der Waals surface area (Å²) in [6.07, 6.45) is 0.487. The molecule has 122 valence electrons. The number of carbonyl (C=O) groups is 1. The molecule has 1 aliphatic rings. The summed E-state index contributed by atoms with van der Waals surface area (Å²) in [6, 6.07) is 6.50. The second kappa shape index (κ2) is 7.47. The van der Waals surface area contributed by atoms with E-state index in [9.17, 15) is 9.18 Å². The van der Waals surface area contributed by atoms with Crippen LogP contribution in [0.25, 0.3) is 0 Å². The number of halogens is 1. The van der Waals surface area contributed by atoms with E-state index in [4.69, 9.17) is 0 Å². The van der Waals surface area contributed by atoms with Gasteiger partial charge in [0.15, 0.2) is 0 Å². The molecule has 0 bridgehead atoms. The Morgan fingerprint density at radius 1 is 1.41 bits per heavy atom. The zero-order chi connectivity index (χ0) is 16.2. The summed E-state index contributed by atoms with van der Waals surface area (Å²) in [4.78, 5) is 12.4. The third kappa shape index (κ3) is 4.99. The fourth-order valence-electron chi connectivity index (χ4n) is 2.65. The van der Waals surface area contributed by atoms with Crippen LogP contribution in [0.2, 0.25) is 0 Å². The van der Waals surface area contributed by atoms with Gasteiger partial charge in [-0.2, -0.15) is 11.8 Å². The summed E-state index contributed by atoms with van der Waals surface area (Å²) in [5.74, 6) is 1.87. The number of hydrogen-bond donors (Lipinski definition) is 2. The molecular weight excluding hydrogens is 299 g/mol. The van der Waals surface area contributed by atoms with E-state index in [0.29, 0.717) is 6.42 Å². The Hall–Kier alpha value is -1.07. The van der Waals surface area contributed by atoms with Crippen molar-refractivity contribution in [3.8, 4) is 0 Å². The van der Waals surface area contributed by atoms with Crippen molar-refractivity contribution in [2.45, 2.75) is 39.3 Å². The molecule has 0 aliphatic carbocycles. The standard InChI is InChI=1S/C17H25FN2OS/c1-17(2,3)16(12-4-6-13(18)7-5-12)20-15(21)10-14-11-22-9-8-19-14/h4-7,14,16,19H,8-11H2,1-3H3,(H,20,21). The summed E-state index contributed by atoms with van der Waals surface area (Å²) in [6.45, 7) is 7.20. The maximum absolute atomic E-state index is 13.1. The molecule has 1 aromatic rings. The molecule has 5 heteroatoms. The molecule has 1 amide bonds. The van der Waals surface area contributed by atoms with Gasteiger partial charge >= 0.3 is 0 Å². The highest BCUT2D eigenvalue weighted by atomic mass is 32.2. The molecule has 0 aromatic heterocycles. The van der Waals surface area contributed by atoms with Crippen LogP contribution in [-0.2, 0) is 4.79 Å². The van der Waals surface area contributed by atoms with E-state index in [1.165, 1.54) is 12.1 Å². The van der Waals surface area contributed by atoms with Gasteiger partial charge in [-0.25, -0.2) is 4.39 Å². The number of rotatable bonds is 4. The topological polar surface area (TPSA) is 41.1 Å². The van der Waals surface area contributed by atoms with Crippen molar-refractivity contribution in [2.75, 3.05) is 18.1 Å². The van der Waals surface area contributed by atoms with Crippen LogP contribution in [-0.4, -0.2) is 30.0 Å². The molecule has 2 unspecified atom stereocenters. The van der Waals surface area contributed by atoms with E-state index in [1.807, 2.05) is 11.8 Å². The summed E-state index contributed by atoms with van der Waals surface area (Å²) < 4.78 is 13.1. The molecule has 0 radical (unpaired) electrons. The molecule has 0 spiro atoms. The minimum absolute atomic E-state index is 0.0456. The number of benzene rings is 1. The monoisotopic (exact) mass is 324 g/mol. The fourth-order valence-corrected chi connectivity index (χ4v) is 3.60. The van der Waals surface area contributed by atoms with Crippen LogP contribution < -0.4 is 10.6 Å². The lowest BCUT2D eigenvalue weighted by molar-refractivity contribution is -0.123. The first kappa shape index (κ1) is 17.3. The highest BCUT2D eigenvalue weighted by Crippen LogP contribution is 2.33. The van der Waals surface area contributed by atoms with Gasteiger partial charge < -0.3 is 10.6 Å². The van der Waals surface area contributed by atoms with Crippen molar-refractivity contribution in [1.29, 1.82) is 0 Å². The average molecular weight is 324 g/mol. The zero-order valence-corrected chi connectivity index (χ0v) is 14.3. The van der Waals surface area contributed by atoms with Crippen molar-refractivity contribution in [3.05, 3.63) is 35.6 Å². The maximum Gasteiger partial charge on any atom is 0.222 e. The second-order valence-electron chi connectivity index (χ2n) is 6.85. The summed E-state index contributed by atoms with van der Waals surface area (Å²) in [5, 5.41) is 6.51. The Labute approximate surface area is 136 Å². The van der Waals surface area contributed by atoms with Crippen LogP contribution in [0.5, 0.6) is 0 Å². The molecule has 1 aromatic carbocycles. The van der Waals surface area contributed by atoms with Gasteiger partial charge in [-0.15, -0.1) is 0 Å². The molecule has 3 nitrogen and oxygen atoms in total. The molecule has 0 saturated carbocycles. The lowest BCUT2D eigenvalue weighted by Gasteiger charge is -2.33. The summed E-state index contributed by atoms with van der Waals surface area (Å²) in [5.41, 5.74) is 0.802. The first-order valence-corrected chi connectivity index (χ1v) is 8.87. The van der Waals surface area contributed by atoms with E-state index in [-0.39, 0.29) is 29.2 Å². The lowest BCUT2D eigenvalue weighted by atomic mass is 9.82. The first-order valence-electron chi connectivity index (χ1n) is 7.72. The van der Waals surface area contributed by atoms with Crippen LogP contribution in [0.1, 0.15) is 38.8 Å². The maximum atomic E-state index is 13.1. The molecule has 1 aliphatic heterocycles. The Bertz CT molecular complexity index is 492. The van der Waals surface area contributed by atoms with Gasteiger partial charge in [-0.3, -0.25) is 4.79 Å². The van der Waals surface area contributed by atoms with E-state index in [0.717, 1.165) is 23.6 Å². The van der Waals surface area contributed by atoms with Crippen LogP contribution in [0.4, 0.5) is 4.39 Å². The predicted octanol–water partition coefficient (Wildman–Crippen LogP) is 3.12. The number of thioether (sulfide) groups is 1. The molecule has 1 heterocycles. The van der Waals surface area contributed by atoms with Crippen molar-refractivity contribution in [1.82, 2.24) is 10.6 Å². The Morgan fingerprint density at radius 3 is 2.64 bits per heavy atom.